The van der Waals surface area contributed by atoms with Gasteiger partial charge in [-0.1, -0.05) is 11.2 Å². The van der Waals surface area contributed by atoms with Gasteiger partial charge < -0.3 is 9.84 Å². The first-order valence-electron chi connectivity index (χ1n) is 7.56. The van der Waals surface area contributed by atoms with E-state index in [1.54, 1.807) is 11.3 Å². The molecule has 1 unspecified atom stereocenters. The van der Waals surface area contributed by atoms with E-state index in [-0.39, 0.29) is 0 Å². The molecule has 0 aromatic carbocycles. The van der Waals surface area contributed by atoms with Gasteiger partial charge in [0, 0.05) is 18.6 Å². The molecule has 2 aromatic rings. The lowest BCUT2D eigenvalue weighted by atomic mass is 10.2. The highest BCUT2D eigenvalue weighted by Crippen LogP contribution is 2.22. The molecule has 0 bridgehead atoms. The number of hydrogen-bond donors (Lipinski definition) is 1. The molecule has 3 rings (SSSR count). The SMILES string of the molecule is CC(C)N(Cc1nc(-c2cccs2)no1)CC1CCCN1. The largest absolute Gasteiger partial charge is 0.338 e. The second-order valence-electron chi connectivity index (χ2n) is 5.81. The van der Waals surface area contributed by atoms with E-state index >= 15 is 0 Å². The minimum Gasteiger partial charge on any atom is -0.338 e. The smallest absolute Gasteiger partial charge is 0.241 e. The average molecular weight is 306 g/mol. The zero-order chi connectivity index (χ0) is 14.7. The lowest BCUT2D eigenvalue weighted by Gasteiger charge is -2.27. The molecule has 0 radical (unpaired) electrons. The van der Waals surface area contributed by atoms with Crippen LogP contribution in [0.3, 0.4) is 0 Å². The minimum atomic E-state index is 0.462. The van der Waals surface area contributed by atoms with Gasteiger partial charge in [-0.3, -0.25) is 4.90 Å². The molecule has 3 heterocycles. The molecule has 1 atom stereocenters. The fourth-order valence-electron chi connectivity index (χ4n) is 2.65. The predicted octanol–water partition coefficient (Wildman–Crippen LogP) is 2.76. The Labute approximate surface area is 129 Å². The van der Waals surface area contributed by atoms with E-state index in [0.717, 1.165) is 18.0 Å². The molecule has 1 fully saturated rings. The van der Waals surface area contributed by atoms with Crippen molar-refractivity contribution in [2.45, 2.75) is 45.3 Å². The van der Waals surface area contributed by atoms with E-state index in [1.165, 1.54) is 12.8 Å². The van der Waals surface area contributed by atoms with Crippen LogP contribution >= 0.6 is 11.3 Å². The molecule has 21 heavy (non-hydrogen) atoms. The van der Waals surface area contributed by atoms with Crippen molar-refractivity contribution in [3.8, 4) is 10.7 Å². The van der Waals surface area contributed by atoms with Gasteiger partial charge in [0.2, 0.25) is 11.7 Å². The molecule has 114 valence electrons. The van der Waals surface area contributed by atoms with Gasteiger partial charge in [-0.25, -0.2) is 0 Å². The van der Waals surface area contributed by atoms with Crippen molar-refractivity contribution < 1.29 is 4.52 Å². The molecular weight excluding hydrogens is 284 g/mol. The van der Waals surface area contributed by atoms with E-state index in [2.05, 4.69) is 34.2 Å². The van der Waals surface area contributed by atoms with Crippen LogP contribution in [-0.2, 0) is 6.54 Å². The van der Waals surface area contributed by atoms with E-state index in [9.17, 15) is 0 Å². The van der Waals surface area contributed by atoms with Gasteiger partial charge in [-0.2, -0.15) is 4.98 Å². The first kappa shape index (κ1) is 14.7. The lowest BCUT2D eigenvalue weighted by Crippen LogP contribution is -2.40. The van der Waals surface area contributed by atoms with Crippen LogP contribution in [0.2, 0.25) is 0 Å². The van der Waals surface area contributed by atoms with Crippen LogP contribution in [0.4, 0.5) is 0 Å². The maximum absolute atomic E-state index is 5.42. The van der Waals surface area contributed by atoms with Crippen molar-refractivity contribution in [1.82, 2.24) is 20.4 Å². The molecule has 0 spiro atoms. The molecule has 1 aliphatic rings. The van der Waals surface area contributed by atoms with Crippen LogP contribution in [-0.4, -0.2) is 40.2 Å². The fourth-order valence-corrected chi connectivity index (χ4v) is 3.30. The molecule has 0 saturated carbocycles. The molecular formula is C15H22N4OS. The zero-order valence-corrected chi connectivity index (χ0v) is 13.4. The Morgan fingerprint density at radius 1 is 1.52 bits per heavy atom. The van der Waals surface area contributed by atoms with Gasteiger partial charge in [0.15, 0.2) is 0 Å². The normalized spacial score (nSPS) is 19.0. The number of rotatable bonds is 6. The number of nitrogens with one attached hydrogen (secondary N) is 1. The summed E-state index contributed by atoms with van der Waals surface area (Å²) in [6.45, 7) is 7.32. The second kappa shape index (κ2) is 6.68. The Bertz CT molecular complexity index is 546. The molecule has 2 aromatic heterocycles. The maximum atomic E-state index is 5.42. The topological polar surface area (TPSA) is 54.2 Å². The van der Waals surface area contributed by atoms with Crippen LogP contribution in [0.25, 0.3) is 10.7 Å². The highest BCUT2D eigenvalue weighted by Gasteiger charge is 2.21. The molecule has 1 saturated heterocycles. The van der Waals surface area contributed by atoms with Crippen molar-refractivity contribution in [2.24, 2.45) is 0 Å². The molecule has 0 amide bonds. The predicted molar refractivity (Wildman–Crippen MR) is 84.2 cm³/mol. The van der Waals surface area contributed by atoms with Crippen LogP contribution in [0.1, 0.15) is 32.6 Å². The van der Waals surface area contributed by atoms with Gasteiger partial charge in [0.05, 0.1) is 11.4 Å². The van der Waals surface area contributed by atoms with E-state index < -0.39 is 0 Å². The first-order chi connectivity index (χ1) is 10.2. The van der Waals surface area contributed by atoms with Crippen LogP contribution in [0.5, 0.6) is 0 Å². The summed E-state index contributed by atoms with van der Waals surface area (Å²) in [7, 11) is 0. The molecule has 1 N–H and O–H groups in total. The minimum absolute atomic E-state index is 0.462. The second-order valence-corrected chi connectivity index (χ2v) is 6.75. The van der Waals surface area contributed by atoms with Gasteiger partial charge in [-0.05, 0) is 44.7 Å². The van der Waals surface area contributed by atoms with Crippen LogP contribution < -0.4 is 5.32 Å². The number of thiophene rings is 1. The van der Waals surface area contributed by atoms with E-state index in [1.807, 2.05) is 17.5 Å². The summed E-state index contributed by atoms with van der Waals surface area (Å²) >= 11 is 1.63. The zero-order valence-electron chi connectivity index (χ0n) is 12.6. The lowest BCUT2D eigenvalue weighted by molar-refractivity contribution is 0.170. The Morgan fingerprint density at radius 3 is 3.10 bits per heavy atom. The van der Waals surface area contributed by atoms with Gasteiger partial charge in [-0.15, -0.1) is 11.3 Å². The summed E-state index contributed by atoms with van der Waals surface area (Å²) in [6, 6.07) is 5.07. The van der Waals surface area contributed by atoms with Gasteiger partial charge >= 0.3 is 0 Å². The summed E-state index contributed by atoms with van der Waals surface area (Å²) in [5.41, 5.74) is 0. The summed E-state index contributed by atoms with van der Waals surface area (Å²) in [5.74, 6) is 1.40. The van der Waals surface area contributed by atoms with Crippen LogP contribution in [0.15, 0.2) is 22.0 Å². The summed E-state index contributed by atoms with van der Waals surface area (Å²) < 4.78 is 5.42. The van der Waals surface area contributed by atoms with Crippen molar-refractivity contribution in [3.63, 3.8) is 0 Å². The summed E-state index contributed by atoms with van der Waals surface area (Å²) in [6.07, 6.45) is 2.53. The molecule has 0 aliphatic carbocycles. The summed E-state index contributed by atoms with van der Waals surface area (Å²) in [4.78, 5) is 7.97. The highest BCUT2D eigenvalue weighted by molar-refractivity contribution is 7.13. The van der Waals surface area contributed by atoms with Crippen LogP contribution in [0, 0.1) is 0 Å². The van der Waals surface area contributed by atoms with Crippen molar-refractivity contribution in [3.05, 3.63) is 23.4 Å². The van der Waals surface area contributed by atoms with Gasteiger partial charge in [0.25, 0.3) is 0 Å². The third-order valence-corrected chi connectivity index (χ3v) is 4.76. The first-order valence-corrected chi connectivity index (χ1v) is 8.44. The molecule has 1 aliphatic heterocycles. The van der Waals surface area contributed by atoms with Crippen molar-refractivity contribution in [2.75, 3.05) is 13.1 Å². The Balaban J connectivity index is 1.65. The average Bonchev–Trinajstić information content (AvgIpc) is 3.20. The fraction of sp³-hybridized carbons (Fsp3) is 0.600. The number of aromatic nitrogens is 2. The Hall–Kier alpha value is -1.24. The third kappa shape index (κ3) is 3.70. The Kier molecular flexibility index (Phi) is 4.67. The summed E-state index contributed by atoms with van der Waals surface area (Å²) in [5, 5.41) is 9.66. The molecule has 6 heteroatoms. The maximum Gasteiger partial charge on any atom is 0.241 e. The van der Waals surface area contributed by atoms with E-state index in [4.69, 9.17) is 4.52 Å². The van der Waals surface area contributed by atoms with Crippen molar-refractivity contribution >= 4 is 11.3 Å². The quantitative estimate of drug-likeness (QED) is 0.889. The Morgan fingerprint density at radius 2 is 2.43 bits per heavy atom. The monoisotopic (exact) mass is 306 g/mol. The van der Waals surface area contributed by atoms with Gasteiger partial charge in [0.1, 0.15) is 0 Å². The third-order valence-electron chi connectivity index (χ3n) is 3.90. The standard InChI is InChI=1S/C15H22N4OS/c1-11(2)19(9-12-5-3-7-16-12)10-14-17-15(18-20-14)13-6-4-8-21-13/h4,6,8,11-12,16H,3,5,7,9-10H2,1-2H3. The number of nitrogens with zero attached hydrogens (tertiary/aromatic N) is 3. The molecule has 5 nitrogen and oxygen atoms in total. The highest BCUT2D eigenvalue weighted by atomic mass is 32.1. The van der Waals surface area contributed by atoms with E-state index in [0.29, 0.717) is 30.3 Å². The van der Waals surface area contributed by atoms with Crippen molar-refractivity contribution in [1.29, 1.82) is 0 Å². The number of hydrogen-bond acceptors (Lipinski definition) is 6.